The lowest BCUT2D eigenvalue weighted by Gasteiger charge is -2.00. The maximum atomic E-state index is 8.76. The number of nitrogens with zero attached hydrogens (tertiary/aromatic N) is 3. The summed E-state index contributed by atoms with van der Waals surface area (Å²) in [6.45, 7) is 0. The second-order valence-electron chi connectivity index (χ2n) is 3.07. The molecule has 1 aromatic heterocycles. The van der Waals surface area contributed by atoms with E-state index in [0.29, 0.717) is 11.4 Å². The number of aromatic nitrogens is 2. The van der Waals surface area contributed by atoms with Gasteiger partial charge >= 0.3 is 0 Å². The molecule has 0 unspecified atom stereocenters. The molecule has 0 fully saturated rings. The minimum atomic E-state index is 0.394. The van der Waals surface area contributed by atoms with Crippen LogP contribution in [0.25, 0.3) is 5.69 Å². The fraction of sp³-hybridized carbons (Fsp3) is 0.0909. The Morgan fingerprint density at radius 2 is 2.33 bits per heavy atom. The molecule has 0 bridgehead atoms. The van der Waals surface area contributed by atoms with E-state index < -0.39 is 0 Å². The van der Waals surface area contributed by atoms with Crippen molar-refractivity contribution in [3.05, 3.63) is 48.0 Å². The second kappa shape index (κ2) is 4.16. The summed E-state index contributed by atoms with van der Waals surface area (Å²) in [7, 11) is 0. The monoisotopic (exact) mass is 217 g/mol. The molecule has 2 rings (SSSR count). The van der Waals surface area contributed by atoms with Crippen molar-refractivity contribution < 1.29 is 0 Å². The van der Waals surface area contributed by atoms with Crippen LogP contribution in [-0.2, 0) is 5.88 Å². The number of nitriles is 1. The Bertz CT molecular complexity index is 511. The van der Waals surface area contributed by atoms with Crippen LogP contribution in [-0.4, -0.2) is 9.55 Å². The molecule has 74 valence electrons. The lowest BCUT2D eigenvalue weighted by atomic mass is 10.2. The molecule has 1 aromatic carbocycles. The quantitative estimate of drug-likeness (QED) is 0.726. The summed E-state index contributed by atoms with van der Waals surface area (Å²) in [5.74, 6) is 0.394. The molecular formula is C11H8ClN3. The summed E-state index contributed by atoms with van der Waals surface area (Å²) in [6, 6.07) is 9.43. The average molecular weight is 218 g/mol. The van der Waals surface area contributed by atoms with E-state index >= 15 is 0 Å². The van der Waals surface area contributed by atoms with Gasteiger partial charge in [-0.15, -0.1) is 11.6 Å². The first-order valence-electron chi connectivity index (χ1n) is 4.43. The maximum absolute atomic E-state index is 8.76. The Kier molecular flexibility index (Phi) is 2.70. The van der Waals surface area contributed by atoms with Crippen LogP contribution in [0.15, 0.2) is 36.8 Å². The zero-order chi connectivity index (χ0) is 10.7. The number of alkyl halides is 1. The van der Waals surface area contributed by atoms with E-state index in [9.17, 15) is 0 Å². The van der Waals surface area contributed by atoms with E-state index in [4.69, 9.17) is 16.9 Å². The van der Waals surface area contributed by atoms with E-state index in [1.54, 1.807) is 18.5 Å². The third-order valence-electron chi connectivity index (χ3n) is 2.05. The Hall–Kier alpha value is -1.79. The van der Waals surface area contributed by atoms with E-state index in [1.165, 1.54) is 0 Å². The van der Waals surface area contributed by atoms with Crippen LogP contribution in [0.1, 0.15) is 11.3 Å². The molecule has 15 heavy (non-hydrogen) atoms. The van der Waals surface area contributed by atoms with Gasteiger partial charge in [0, 0.05) is 11.9 Å². The summed E-state index contributed by atoms with van der Waals surface area (Å²) >= 11 is 5.66. The molecule has 0 saturated carbocycles. The molecule has 2 aromatic rings. The predicted octanol–water partition coefficient (Wildman–Crippen LogP) is 2.48. The van der Waals surface area contributed by atoms with Crippen LogP contribution in [0, 0.1) is 11.3 Å². The molecule has 0 aliphatic carbocycles. The zero-order valence-electron chi connectivity index (χ0n) is 7.89. The van der Waals surface area contributed by atoms with Crippen LogP contribution in [0.5, 0.6) is 0 Å². The van der Waals surface area contributed by atoms with E-state index in [0.717, 1.165) is 11.4 Å². The molecule has 3 nitrogen and oxygen atoms in total. The number of halogens is 1. The third-order valence-corrected chi connectivity index (χ3v) is 2.32. The minimum Gasteiger partial charge on any atom is -0.306 e. The van der Waals surface area contributed by atoms with Crippen LogP contribution in [0.3, 0.4) is 0 Å². The number of rotatable bonds is 2. The number of hydrogen-bond acceptors (Lipinski definition) is 2. The molecule has 0 spiro atoms. The highest BCUT2D eigenvalue weighted by Gasteiger charge is 2.00. The highest BCUT2D eigenvalue weighted by Crippen LogP contribution is 2.11. The second-order valence-corrected chi connectivity index (χ2v) is 3.34. The molecule has 0 saturated heterocycles. The predicted molar refractivity (Wildman–Crippen MR) is 57.8 cm³/mol. The molecule has 4 heteroatoms. The van der Waals surface area contributed by atoms with Gasteiger partial charge in [-0.1, -0.05) is 6.07 Å². The van der Waals surface area contributed by atoms with Crippen molar-refractivity contribution in [3.8, 4) is 11.8 Å². The van der Waals surface area contributed by atoms with Gasteiger partial charge in [-0.25, -0.2) is 4.98 Å². The highest BCUT2D eigenvalue weighted by molar-refractivity contribution is 6.16. The Morgan fingerprint density at radius 1 is 1.47 bits per heavy atom. The lowest BCUT2D eigenvalue weighted by Crippen LogP contribution is -1.90. The normalized spacial score (nSPS) is 9.87. The van der Waals surface area contributed by atoms with Gasteiger partial charge in [0.05, 0.1) is 29.5 Å². The Labute approximate surface area is 92.6 Å². The molecule has 0 aliphatic heterocycles. The first-order valence-corrected chi connectivity index (χ1v) is 4.96. The first-order chi connectivity index (χ1) is 7.33. The zero-order valence-corrected chi connectivity index (χ0v) is 8.65. The smallest absolute Gasteiger partial charge is 0.0995 e. The average Bonchev–Trinajstić information content (AvgIpc) is 2.78. The molecule has 0 atom stereocenters. The van der Waals surface area contributed by atoms with E-state index in [-0.39, 0.29) is 0 Å². The summed E-state index contributed by atoms with van der Waals surface area (Å²) in [5.41, 5.74) is 2.37. The van der Waals surface area contributed by atoms with Crippen LogP contribution < -0.4 is 0 Å². The van der Waals surface area contributed by atoms with Gasteiger partial charge in [0.1, 0.15) is 0 Å². The van der Waals surface area contributed by atoms with Crippen molar-refractivity contribution in [2.45, 2.75) is 5.88 Å². The van der Waals surface area contributed by atoms with Gasteiger partial charge in [0.25, 0.3) is 0 Å². The molecule has 1 heterocycles. The minimum absolute atomic E-state index is 0.394. The van der Waals surface area contributed by atoms with Gasteiger partial charge < -0.3 is 4.57 Å². The van der Waals surface area contributed by atoms with E-state index in [2.05, 4.69) is 11.1 Å². The molecule has 0 N–H and O–H groups in total. The van der Waals surface area contributed by atoms with Crippen LogP contribution in [0.2, 0.25) is 0 Å². The summed E-state index contributed by atoms with van der Waals surface area (Å²) in [6.07, 6.45) is 3.54. The van der Waals surface area contributed by atoms with Gasteiger partial charge in [-0.3, -0.25) is 0 Å². The summed E-state index contributed by atoms with van der Waals surface area (Å²) < 4.78 is 1.85. The number of imidazole rings is 1. The van der Waals surface area contributed by atoms with Gasteiger partial charge in [-0.05, 0) is 18.2 Å². The third kappa shape index (κ3) is 2.00. The molecule has 0 radical (unpaired) electrons. The van der Waals surface area contributed by atoms with Crippen molar-refractivity contribution in [3.63, 3.8) is 0 Å². The number of benzene rings is 1. The molecule has 0 aliphatic rings. The fourth-order valence-electron chi connectivity index (χ4n) is 1.31. The fourth-order valence-corrected chi connectivity index (χ4v) is 1.45. The van der Waals surface area contributed by atoms with Crippen molar-refractivity contribution in [2.24, 2.45) is 0 Å². The van der Waals surface area contributed by atoms with Crippen molar-refractivity contribution in [2.75, 3.05) is 0 Å². The van der Waals surface area contributed by atoms with Crippen LogP contribution in [0.4, 0.5) is 0 Å². The van der Waals surface area contributed by atoms with Crippen molar-refractivity contribution in [1.82, 2.24) is 9.55 Å². The summed E-state index contributed by atoms with van der Waals surface area (Å²) in [5, 5.41) is 8.76. The highest BCUT2D eigenvalue weighted by atomic mass is 35.5. The van der Waals surface area contributed by atoms with Crippen LogP contribution >= 0.6 is 11.6 Å². The molecular weight excluding hydrogens is 210 g/mol. The van der Waals surface area contributed by atoms with Crippen molar-refractivity contribution in [1.29, 1.82) is 5.26 Å². The van der Waals surface area contributed by atoms with Gasteiger partial charge in [-0.2, -0.15) is 5.26 Å². The van der Waals surface area contributed by atoms with Crippen molar-refractivity contribution >= 4 is 11.6 Å². The Morgan fingerprint density at radius 3 is 3.00 bits per heavy atom. The van der Waals surface area contributed by atoms with Gasteiger partial charge in [0.15, 0.2) is 0 Å². The molecule has 0 amide bonds. The lowest BCUT2D eigenvalue weighted by molar-refractivity contribution is 1.06. The maximum Gasteiger partial charge on any atom is 0.0995 e. The Balaban J connectivity index is 2.41. The SMILES string of the molecule is N#Cc1cccc(-n2cnc(CCl)c2)c1. The van der Waals surface area contributed by atoms with Gasteiger partial charge in [0.2, 0.25) is 0 Å². The number of hydrogen-bond donors (Lipinski definition) is 0. The first kappa shape index (κ1) is 9.75. The largest absolute Gasteiger partial charge is 0.306 e. The van der Waals surface area contributed by atoms with E-state index in [1.807, 2.05) is 22.9 Å². The standard InChI is InChI=1S/C11H8ClN3/c12-5-10-7-15(8-14-10)11-3-1-2-9(4-11)6-13/h1-4,7-8H,5H2. The summed E-state index contributed by atoms with van der Waals surface area (Å²) in [4.78, 5) is 4.11. The topological polar surface area (TPSA) is 41.6 Å².